The molecular weight excluding hydrogens is 548 g/mol. The van der Waals surface area contributed by atoms with Gasteiger partial charge in [0.05, 0.1) is 34.1 Å². The molecule has 2 aliphatic rings. The van der Waals surface area contributed by atoms with Crippen molar-refractivity contribution in [1.29, 1.82) is 0 Å². The molecule has 0 spiro atoms. The van der Waals surface area contributed by atoms with E-state index in [1.165, 1.54) is 0 Å². The van der Waals surface area contributed by atoms with E-state index in [0.717, 1.165) is 54.4 Å². The lowest BCUT2D eigenvalue weighted by atomic mass is 9.94. The monoisotopic (exact) mass is 574 g/mol. The topological polar surface area (TPSA) is 67.2 Å². The molecule has 1 aromatic heterocycles. The van der Waals surface area contributed by atoms with Gasteiger partial charge in [-0.25, -0.2) is 4.98 Å². The number of halogens is 1. The number of benzene rings is 3. The number of carbonyl (C=O) groups is 1. The second-order valence-corrected chi connectivity index (χ2v) is 12.7. The SMILES string of the molecule is CN(CCOC(=O)C1CC2C=CC1C2)c1ccc(N=Nc2ccc3nc(Sc4ccc(Cl)cc4)sc3c2)cc1. The number of carbonyl (C=O) groups excluding carboxylic acids is 1. The molecule has 39 heavy (non-hydrogen) atoms. The van der Waals surface area contributed by atoms with E-state index in [1.807, 2.05) is 73.8 Å². The zero-order valence-electron chi connectivity index (χ0n) is 21.4. The number of hydrogen-bond acceptors (Lipinski definition) is 8. The number of anilines is 1. The van der Waals surface area contributed by atoms with Crippen molar-refractivity contribution in [2.75, 3.05) is 25.1 Å². The van der Waals surface area contributed by atoms with Crippen molar-refractivity contribution in [3.05, 3.63) is 83.9 Å². The molecule has 3 unspecified atom stereocenters. The Morgan fingerprint density at radius 2 is 1.82 bits per heavy atom. The zero-order valence-corrected chi connectivity index (χ0v) is 23.8. The summed E-state index contributed by atoms with van der Waals surface area (Å²) in [5, 5.41) is 9.57. The number of aromatic nitrogens is 1. The molecule has 1 heterocycles. The Bertz CT molecular complexity index is 1540. The van der Waals surface area contributed by atoms with Crippen LogP contribution in [-0.4, -0.2) is 31.2 Å². The van der Waals surface area contributed by atoms with E-state index in [9.17, 15) is 4.79 Å². The van der Waals surface area contributed by atoms with Gasteiger partial charge in [0.2, 0.25) is 0 Å². The van der Waals surface area contributed by atoms with Crippen molar-refractivity contribution in [3.63, 3.8) is 0 Å². The van der Waals surface area contributed by atoms with Crippen LogP contribution < -0.4 is 4.90 Å². The minimum absolute atomic E-state index is 0.0436. The van der Waals surface area contributed by atoms with E-state index in [0.29, 0.717) is 25.0 Å². The summed E-state index contributed by atoms with van der Waals surface area (Å²) in [6, 6.07) is 21.6. The van der Waals surface area contributed by atoms with Gasteiger partial charge < -0.3 is 9.64 Å². The lowest BCUT2D eigenvalue weighted by Gasteiger charge is -2.21. The Morgan fingerprint density at radius 1 is 1.05 bits per heavy atom. The van der Waals surface area contributed by atoms with Crippen molar-refractivity contribution in [3.8, 4) is 0 Å². The summed E-state index contributed by atoms with van der Waals surface area (Å²) in [5.41, 5.74) is 3.53. The molecule has 1 fully saturated rings. The average molecular weight is 575 g/mol. The summed E-state index contributed by atoms with van der Waals surface area (Å²) in [6.45, 7) is 1.02. The van der Waals surface area contributed by atoms with Gasteiger partial charge in [-0.3, -0.25) is 4.79 Å². The highest BCUT2D eigenvalue weighted by Crippen LogP contribution is 2.44. The molecular formula is C30H27ClN4O2S2. The molecule has 198 valence electrons. The number of thiazole rings is 1. The molecule has 0 amide bonds. The van der Waals surface area contributed by atoms with Gasteiger partial charge in [0.25, 0.3) is 0 Å². The number of nitrogens with zero attached hydrogens (tertiary/aromatic N) is 4. The quantitative estimate of drug-likeness (QED) is 0.114. The van der Waals surface area contributed by atoms with E-state index in [1.54, 1.807) is 23.1 Å². The van der Waals surface area contributed by atoms with Gasteiger partial charge >= 0.3 is 5.97 Å². The number of allylic oxidation sites excluding steroid dienone is 2. The summed E-state index contributed by atoms with van der Waals surface area (Å²) in [5.74, 6) is 0.938. The van der Waals surface area contributed by atoms with Gasteiger partial charge in [0.1, 0.15) is 6.61 Å². The first-order valence-electron chi connectivity index (χ1n) is 12.9. The van der Waals surface area contributed by atoms with Crippen molar-refractivity contribution in [1.82, 2.24) is 4.98 Å². The molecule has 4 aromatic rings. The van der Waals surface area contributed by atoms with Gasteiger partial charge in [-0.15, -0.1) is 11.3 Å². The number of esters is 1. The lowest BCUT2D eigenvalue weighted by Crippen LogP contribution is -2.27. The van der Waals surface area contributed by atoms with Crippen LogP contribution in [0.2, 0.25) is 5.02 Å². The molecule has 0 aliphatic heterocycles. The fourth-order valence-corrected chi connectivity index (χ4v) is 7.26. The predicted octanol–water partition coefficient (Wildman–Crippen LogP) is 8.71. The number of rotatable bonds is 9. The van der Waals surface area contributed by atoms with Crippen LogP contribution in [0.1, 0.15) is 12.8 Å². The molecule has 6 nitrogen and oxygen atoms in total. The molecule has 6 rings (SSSR count). The van der Waals surface area contributed by atoms with Gasteiger partial charge in [0, 0.05) is 22.7 Å². The molecule has 0 N–H and O–H groups in total. The molecule has 9 heteroatoms. The zero-order chi connectivity index (χ0) is 26.8. The minimum atomic E-state index is -0.0518. The summed E-state index contributed by atoms with van der Waals surface area (Å²) in [6.07, 6.45) is 6.47. The van der Waals surface area contributed by atoms with Crippen molar-refractivity contribution < 1.29 is 9.53 Å². The van der Waals surface area contributed by atoms with E-state index < -0.39 is 0 Å². The molecule has 2 aliphatic carbocycles. The van der Waals surface area contributed by atoms with Crippen LogP contribution in [0.25, 0.3) is 10.2 Å². The second-order valence-electron chi connectivity index (χ2n) is 9.88. The average Bonchev–Trinajstić information content (AvgIpc) is 3.69. The number of likely N-dealkylation sites (N-methyl/N-ethyl adjacent to an activating group) is 1. The number of ether oxygens (including phenoxy) is 1. The molecule has 0 radical (unpaired) electrons. The third-order valence-corrected chi connectivity index (χ3v) is 9.53. The third kappa shape index (κ3) is 6.19. The van der Waals surface area contributed by atoms with E-state index in [4.69, 9.17) is 21.3 Å². The normalized spacial score (nSPS) is 19.8. The Labute approximate surface area is 240 Å². The van der Waals surface area contributed by atoms with Crippen LogP contribution in [0, 0.1) is 17.8 Å². The maximum absolute atomic E-state index is 12.4. The Hall–Kier alpha value is -3.20. The minimum Gasteiger partial charge on any atom is -0.464 e. The highest BCUT2D eigenvalue weighted by molar-refractivity contribution is 8.01. The van der Waals surface area contributed by atoms with Gasteiger partial charge in [0.15, 0.2) is 4.34 Å². The lowest BCUT2D eigenvalue weighted by molar-refractivity contribution is -0.149. The first kappa shape index (κ1) is 26.0. The van der Waals surface area contributed by atoms with Crippen LogP contribution in [0.15, 0.2) is 98.3 Å². The number of hydrogen-bond donors (Lipinski definition) is 0. The fourth-order valence-electron chi connectivity index (χ4n) is 5.06. The maximum atomic E-state index is 12.4. The molecule has 0 saturated heterocycles. The number of azo groups is 1. The predicted molar refractivity (Wildman–Crippen MR) is 159 cm³/mol. The summed E-state index contributed by atoms with van der Waals surface area (Å²) >= 11 is 9.24. The van der Waals surface area contributed by atoms with Crippen LogP contribution in [-0.2, 0) is 9.53 Å². The van der Waals surface area contributed by atoms with E-state index >= 15 is 0 Å². The molecule has 3 atom stereocenters. The molecule has 1 saturated carbocycles. The maximum Gasteiger partial charge on any atom is 0.309 e. The third-order valence-electron chi connectivity index (χ3n) is 7.20. The Morgan fingerprint density at radius 3 is 2.56 bits per heavy atom. The summed E-state index contributed by atoms with van der Waals surface area (Å²) in [4.78, 5) is 20.3. The van der Waals surface area contributed by atoms with Crippen LogP contribution in [0.4, 0.5) is 17.1 Å². The van der Waals surface area contributed by atoms with Crippen molar-refractivity contribution in [2.24, 2.45) is 28.0 Å². The van der Waals surface area contributed by atoms with Crippen LogP contribution in [0.5, 0.6) is 0 Å². The summed E-state index contributed by atoms with van der Waals surface area (Å²) < 4.78 is 7.63. The van der Waals surface area contributed by atoms with Crippen molar-refractivity contribution in [2.45, 2.75) is 22.1 Å². The highest BCUT2D eigenvalue weighted by Gasteiger charge is 2.40. The van der Waals surface area contributed by atoms with Crippen LogP contribution >= 0.6 is 34.7 Å². The van der Waals surface area contributed by atoms with Crippen LogP contribution in [0.3, 0.4) is 0 Å². The smallest absolute Gasteiger partial charge is 0.309 e. The largest absolute Gasteiger partial charge is 0.464 e. The standard InChI is InChI=1S/C30H27ClN4O2S2/c1-35(14-15-37-29(36)26-17-19-2-3-20(26)16-19)24-9-6-22(7-10-24)33-34-23-8-13-27-28(18-23)39-30(32-27)38-25-11-4-21(31)5-12-25/h2-13,18-20,26H,14-17H2,1H3. The van der Waals surface area contributed by atoms with Gasteiger partial charge in [-0.2, -0.15) is 10.2 Å². The Kier molecular flexibility index (Phi) is 7.68. The fraction of sp³-hybridized carbons (Fsp3) is 0.267. The highest BCUT2D eigenvalue weighted by atomic mass is 35.5. The van der Waals surface area contributed by atoms with E-state index in [-0.39, 0.29) is 11.9 Å². The first-order valence-corrected chi connectivity index (χ1v) is 14.9. The van der Waals surface area contributed by atoms with Crippen molar-refractivity contribution >= 4 is 67.9 Å². The molecule has 3 aromatic carbocycles. The van der Waals surface area contributed by atoms with E-state index in [2.05, 4.69) is 27.3 Å². The summed E-state index contributed by atoms with van der Waals surface area (Å²) in [7, 11) is 1.99. The Balaban J connectivity index is 1.02. The first-order chi connectivity index (χ1) is 19.0. The molecule has 2 bridgehead atoms. The van der Waals surface area contributed by atoms with Gasteiger partial charge in [-0.1, -0.05) is 35.5 Å². The number of fused-ring (bicyclic) bond motifs is 3. The second kappa shape index (κ2) is 11.5. The van der Waals surface area contributed by atoms with Gasteiger partial charge in [-0.05, 0) is 91.4 Å².